The maximum absolute atomic E-state index is 12.5. The summed E-state index contributed by atoms with van der Waals surface area (Å²) in [6, 6.07) is 10.2. The molecule has 1 saturated heterocycles. The van der Waals surface area contributed by atoms with Crippen molar-refractivity contribution in [2.24, 2.45) is 11.7 Å². The molecule has 0 radical (unpaired) electrons. The Morgan fingerprint density at radius 1 is 1.39 bits per heavy atom. The van der Waals surface area contributed by atoms with Gasteiger partial charge in [0.05, 0.1) is 0 Å². The molecular weight excluding hydrogens is 312 g/mol. The predicted octanol–water partition coefficient (Wildman–Crippen LogP) is 3.37. The third-order valence-electron chi connectivity index (χ3n) is 4.63. The van der Waals surface area contributed by atoms with Crippen LogP contribution in [0.5, 0.6) is 0 Å². The second-order valence-corrected chi connectivity index (χ2v) is 6.36. The van der Waals surface area contributed by atoms with Crippen molar-refractivity contribution in [1.29, 1.82) is 0 Å². The molecule has 5 heteroatoms. The second-order valence-electron chi connectivity index (χ2n) is 6.36. The fourth-order valence-corrected chi connectivity index (χ4v) is 3.34. The predicted molar refractivity (Wildman–Crippen MR) is 94.7 cm³/mol. The number of benzene rings is 1. The van der Waals surface area contributed by atoms with Crippen LogP contribution in [0.3, 0.4) is 0 Å². The van der Waals surface area contributed by atoms with Crippen LogP contribution in [-0.2, 0) is 11.2 Å². The van der Waals surface area contributed by atoms with Crippen molar-refractivity contribution in [2.75, 3.05) is 13.1 Å². The van der Waals surface area contributed by atoms with Crippen LogP contribution in [0.1, 0.15) is 31.9 Å². The van der Waals surface area contributed by atoms with Gasteiger partial charge in [0.2, 0.25) is 5.91 Å². The van der Waals surface area contributed by atoms with Gasteiger partial charge in [0, 0.05) is 37.4 Å². The summed E-state index contributed by atoms with van der Waals surface area (Å²) < 4.78 is 5.78. The molecule has 1 fully saturated rings. The molecular formula is C18H25ClN2O2. The third-order valence-corrected chi connectivity index (χ3v) is 4.63. The lowest BCUT2D eigenvalue weighted by molar-refractivity contribution is -0.135. The molecule has 0 bridgehead atoms. The molecule has 1 aromatic carbocycles. The number of para-hydroxylation sites is 1. The Labute approximate surface area is 143 Å². The molecule has 0 aliphatic carbocycles. The lowest BCUT2D eigenvalue weighted by Crippen LogP contribution is -2.49. The lowest BCUT2D eigenvalue weighted by Gasteiger charge is -2.38. The van der Waals surface area contributed by atoms with Crippen LogP contribution in [0.4, 0.5) is 0 Å². The number of halogens is 1. The van der Waals surface area contributed by atoms with E-state index in [1.54, 1.807) is 0 Å². The van der Waals surface area contributed by atoms with E-state index in [-0.39, 0.29) is 24.4 Å². The van der Waals surface area contributed by atoms with Crippen LogP contribution in [0, 0.1) is 5.92 Å². The van der Waals surface area contributed by atoms with E-state index < -0.39 is 0 Å². The quantitative estimate of drug-likeness (QED) is 0.931. The SMILES string of the molecule is CC1CCN(C(=O)CCc2cc3ccccc3o2)C(CN)C1.Cl. The fraction of sp³-hybridized carbons (Fsp3) is 0.500. The first-order chi connectivity index (χ1) is 10.7. The molecule has 1 aliphatic heterocycles. The number of nitrogens with two attached hydrogens (primary N) is 1. The molecule has 23 heavy (non-hydrogen) atoms. The maximum Gasteiger partial charge on any atom is 0.223 e. The fourth-order valence-electron chi connectivity index (χ4n) is 3.34. The molecule has 2 atom stereocenters. The second kappa shape index (κ2) is 7.84. The summed E-state index contributed by atoms with van der Waals surface area (Å²) in [5.74, 6) is 1.74. The van der Waals surface area contributed by atoms with Gasteiger partial charge in [0.25, 0.3) is 0 Å². The highest BCUT2D eigenvalue weighted by Crippen LogP contribution is 2.24. The van der Waals surface area contributed by atoms with E-state index in [0.29, 0.717) is 25.3 Å². The number of carbonyl (C=O) groups is 1. The van der Waals surface area contributed by atoms with E-state index in [1.807, 2.05) is 35.2 Å². The van der Waals surface area contributed by atoms with Crippen LogP contribution in [-0.4, -0.2) is 29.9 Å². The van der Waals surface area contributed by atoms with Gasteiger partial charge < -0.3 is 15.1 Å². The monoisotopic (exact) mass is 336 g/mol. The Morgan fingerprint density at radius 2 is 2.17 bits per heavy atom. The smallest absolute Gasteiger partial charge is 0.223 e. The summed E-state index contributed by atoms with van der Waals surface area (Å²) in [5.41, 5.74) is 6.73. The highest BCUT2D eigenvalue weighted by Gasteiger charge is 2.28. The Bertz CT molecular complexity index is 622. The van der Waals surface area contributed by atoms with E-state index >= 15 is 0 Å². The molecule has 0 saturated carbocycles. The molecule has 1 aliphatic rings. The number of fused-ring (bicyclic) bond motifs is 1. The molecule has 4 nitrogen and oxygen atoms in total. The van der Waals surface area contributed by atoms with Gasteiger partial charge in [-0.15, -0.1) is 12.4 Å². The molecule has 2 unspecified atom stereocenters. The van der Waals surface area contributed by atoms with Gasteiger partial charge in [0.15, 0.2) is 0 Å². The Balaban J connectivity index is 0.00000192. The minimum atomic E-state index is 0. The zero-order valence-electron chi connectivity index (χ0n) is 13.5. The third kappa shape index (κ3) is 4.06. The first-order valence-corrected chi connectivity index (χ1v) is 8.14. The summed E-state index contributed by atoms with van der Waals surface area (Å²) in [4.78, 5) is 14.5. The van der Waals surface area contributed by atoms with Crippen molar-refractivity contribution in [3.05, 3.63) is 36.1 Å². The number of nitrogens with zero attached hydrogens (tertiary/aromatic N) is 1. The highest BCUT2D eigenvalue weighted by molar-refractivity contribution is 5.85. The van der Waals surface area contributed by atoms with Crippen molar-refractivity contribution in [3.8, 4) is 0 Å². The van der Waals surface area contributed by atoms with Crippen LogP contribution in [0.15, 0.2) is 34.7 Å². The number of amides is 1. The van der Waals surface area contributed by atoms with Crippen molar-refractivity contribution >= 4 is 29.3 Å². The summed E-state index contributed by atoms with van der Waals surface area (Å²) in [5, 5.41) is 1.09. The minimum Gasteiger partial charge on any atom is -0.461 e. The highest BCUT2D eigenvalue weighted by atomic mass is 35.5. The molecule has 1 amide bonds. The summed E-state index contributed by atoms with van der Waals surface area (Å²) in [6.45, 7) is 3.63. The number of hydrogen-bond acceptors (Lipinski definition) is 3. The van der Waals surface area contributed by atoms with Gasteiger partial charge in [-0.25, -0.2) is 0 Å². The van der Waals surface area contributed by atoms with Crippen molar-refractivity contribution in [1.82, 2.24) is 4.90 Å². The number of rotatable bonds is 4. The van der Waals surface area contributed by atoms with E-state index in [2.05, 4.69) is 6.92 Å². The lowest BCUT2D eigenvalue weighted by atomic mass is 9.92. The topological polar surface area (TPSA) is 59.5 Å². The van der Waals surface area contributed by atoms with Gasteiger partial charge in [-0.05, 0) is 30.9 Å². The largest absolute Gasteiger partial charge is 0.461 e. The number of aryl methyl sites for hydroxylation is 1. The van der Waals surface area contributed by atoms with Gasteiger partial charge in [-0.1, -0.05) is 25.1 Å². The molecule has 2 heterocycles. The first-order valence-electron chi connectivity index (χ1n) is 8.14. The number of furan rings is 1. The number of piperidine rings is 1. The Morgan fingerprint density at radius 3 is 2.91 bits per heavy atom. The molecule has 2 aromatic rings. The van der Waals surface area contributed by atoms with Gasteiger partial charge in [0.1, 0.15) is 11.3 Å². The summed E-state index contributed by atoms with van der Waals surface area (Å²) >= 11 is 0. The number of hydrogen-bond donors (Lipinski definition) is 1. The zero-order chi connectivity index (χ0) is 15.5. The Hall–Kier alpha value is -1.52. The van der Waals surface area contributed by atoms with Gasteiger partial charge in [-0.2, -0.15) is 0 Å². The Kier molecular flexibility index (Phi) is 6.08. The number of carbonyl (C=O) groups excluding carboxylic acids is 1. The normalized spacial score (nSPS) is 21.2. The van der Waals surface area contributed by atoms with Crippen LogP contribution in [0.2, 0.25) is 0 Å². The molecule has 1 aromatic heterocycles. The summed E-state index contributed by atoms with van der Waals surface area (Å²) in [7, 11) is 0. The molecule has 126 valence electrons. The molecule has 2 N–H and O–H groups in total. The average Bonchev–Trinajstić information content (AvgIpc) is 2.95. The van der Waals surface area contributed by atoms with Gasteiger partial charge >= 0.3 is 0 Å². The van der Waals surface area contributed by atoms with Crippen LogP contribution < -0.4 is 5.73 Å². The average molecular weight is 337 g/mol. The van der Waals surface area contributed by atoms with Crippen LogP contribution >= 0.6 is 12.4 Å². The maximum atomic E-state index is 12.5. The standard InChI is InChI=1S/C18H24N2O2.ClH/c1-13-8-9-20(15(10-13)12-19)18(21)7-6-16-11-14-4-2-3-5-17(14)22-16;/h2-5,11,13,15H,6-10,12,19H2,1H3;1H. The van der Waals surface area contributed by atoms with Crippen molar-refractivity contribution in [3.63, 3.8) is 0 Å². The molecule has 0 spiro atoms. The minimum absolute atomic E-state index is 0. The van der Waals surface area contributed by atoms with E-state index in [0.717, 1.165) is 36.1 Å². The molecule has 3 rings (SSSR count). The van der Waals surface area contributed by atoms with Crippen molar-refractivity contribution in [2.45, 2.75) is 38.6 Å². The van der Waals surface area contributed by atoms with Crippen LogP contribution in [0.25, 0.3) is 11.0 Å². The van der Waals surface area contributed by atoms with Gasteiger partial charge in [-0.3, -0.25) is 4.79 Å². The zero-order valence-corrected chi connectivity index (χ0v) is 14.3. The van der Waals surface area contributed by atoms with E-state index in [1.165, 1.54) is 0 Å². The van der Waals surface area contributed by atoms with Crippen molar-refractivity contribution < 1.29 is 9.21 Å². The first kappa shape index (κ1) is 17.8. The van der Waals surface area contributed by atoms with E-state index in [4.69, 9.17) is 10.2 Å². The van der Waals surface area contributed by atoms with E-state index in [9.17, 15) is 4.79 Å². The number of likely N-dealkylation sites (tertiary alicyclic amines) is 1. The summed E-state index contributed by atoms with van der Waals surface area (Å²) in [6.07, 6.45) is 3.24.